The lowest BCUT2D eigenvalue weighted by atomic mass is 10.1. The smallest absolute Gasteiger partial charge is 0.277 e. The third kappa shape index (κ3) is 3.21. The summed E-state index contributed by atoms with van der Waals surface area (Å²) in [5, 5.41) is 14.0. The molecule has 0 aliphatic carbocycles. The number of aromatic nitrogens is 4. The van der Waals surface area contributed by atoms with Gasteiger partial charge in [0.15, 0.2) is 17.1 Å². The van der Waals surface area contributed by atoms with Crippen LogP contribution in [0.25, 0.3) is 16.8 Å². The second-order valence-corrected chi connectivity index (χ2v) is 6.18. The second kappa shape index (κ2) is 7.16. The van der Waals surface area contributed by atoms with E-state index in [0.717, 1.165) is 15.5 Å². The zero-order valence-corrected chi connectivity index (χ0v) is 15.4. The Balaban J connectivity index is 1.68. The zero-order valence-electron chi connectivity index (χ0n) is 14.7. The molecule has 0 bridgehead atoms. The number of halogens is 1. The van der Waals surface area contributed by atoms with Gasteiger partial charge < -0.3 is 9.84 Å². The first-order chi connectivity index (χ1) is 13.6. The Hall–Kier alpha value is -3.65. The molecule has 0 saturated carbocycles. The van der Waals surface area contributed by atoms with E-state index in [1.165, 1.54) is 17.8 Å². The number of amides is 1. The van der Waals surface area contributed by atoms with Crippen molar-refractivity contribution in [3.63, 3.8) is 0 Å². The molecule has 3 aromatic heterocycles. The van der Waals surface area contributed by atoms with Crippen molar-refractivity contribution >= 4 is 29.3 Å². The summed E-state index contributed by atoms with van der Waals surface area (Å²) in [6.45, 7) is 0. The van der Waals surface area contributed by atoms with Crippen LogP contribution in [0.5, 0.6) is 11.5 Å². The summed E-state index contributed by atoms with van der Waals surface area (Å²) in [7, 11) is 1.49. The highest BCUT2D eigenvalue weighted by atomic mass is 35.5. The maximum absolute atomic E-state index is 12.4. The Bertz CT molecular complexity index is 1160. The summed E-state index contributed by atoms with van der Waals surface area (Å²) in [5.41, 5.74) is 2.49. The van der Waals surface area contributed by atoms with E-state index in [9.17, 15) is 9.90 Å². The average Bonchev–Trinajstić information content (AvgIpc) is 3.17. The van der Waals surface area contributed by atoms with E-state index in [-0.39, 0.29) is 11.7 Å². The summed E-state index contributed by atoms with van der Waals surface area (Å²) < 4.78 is 7.53. The zero-order chi connectivity index (χ0) is 19.7. The summed E-state index contributed by atoms with van der Waals surface area (Å²) in [6, 6.07) is 11.9. The lowest BCUT2D eigenvalue weighted by Crippen LogP contribution is -2.22. The van der Waals surface area contributed by atoms with Crippen LogP contribution in [-0.2, 0) is 0 Å². The predicted molar refractivity (Wildman–Crippen MR) is 104 cm³/mol. The SMILES string of the molecule is COc1cc(-c2ccc3nc(N(Cl)C(=O)c4cccnc4)nn3c2)ccc1O. The minimum absolute atomic E-state index is 0.0518. The van der Waals surface area contributed by atoms with Crippen LogP contribution in [0.15, 0.2) is 61.1 Å². The largest absolute Gasteiger partial charge is 0.504 e. The summed E-state index contributed by atoms with van der Waals surface area (Å²) in [6.07, 6.45) is 4.74. The molecule has 0 unspecified atom stereocenters. The Labute approximate surface area is 164 Å². The van der Waals surface area contributed by atoms with Gasteiger partial charge in [-0.1, -0.05) is 6.07 Å². The predicted octanol–water partition coefficient (Wildman–Crippen LogP) is 3.31. The summed E-state index contributed by atoms with van der Waals surface area (Å²) in [4.78, 5) is 20.6. The molecule has 0 radical (unpaired) electrons. The monoisotopic (exact) mass is 395 g/mol. The fourth-order valence-corrected chi connectivity index (χ4v) is 2.85. The number of carbonyl (C=O) groups is 1. The Morgan fingerprint density at radius 3 is 2.79 bits per heavy atom. The maximum atomic E-state index is 12.4. The number of methoxy groups -OCH3 is 1. The highest BCUT2D eigenvalue weighted by Crippen LogP contribution is 2.31. The van der Waals surface area contributed by atoms with Gasteiger partial charge in [-0.25, -0.2) is 4.52 Å². The fourth-order valence-electron chi connectivity index (χ4n) is 2.68. The van der Waals surface area contributed by atoms with E-state index < -0.39 is 5.91 Å². The Morgan fingerprint density at radius 2 is 2.04 bits per heavy atom. The van der Waals surface area contributed by atoms with Gasteiger partial charge in [-0.3, -0.25) is 9.78 Å². The molecule has 1 aromatic carbocycles. The summed E-state index contributed by atoms with van der Waals surface area (Å²) in [5.74, 6) is -0.00179. The number of phenols is 1. The molecule has 3 heterocycles. The highest BCUT2D eigenvalue weighted by Gasteiger charge is 2.20. The molecule has 9 heteroatoms. The molecule has 0 spiro atoms. The topological polar surface area (TPSA) is 92.9 Å². The molecule has 0 saturated heterocycles. The van der Waals surface area contributed by atoms with Gasteiger partial charge in [0.25, 0.3) is 11.9 Å². The van der Waals surface area contributed by atoms with Crippen molar-refractivity contribution in [1.82, 2.24) is 19.6 Å². The molecule has 0 atom stereocenters. The molecule has 0 fully saturated rings. The highest BCUT2D eigenvalue weighted by molar-refractivity contribution is 6.38. The minimum atomic E-state index is -0.478. The Kier molecular flexibility index (Phi) is 4.54. The van der Waals surface area contributed by atoms with Crippen molar-refractivity contribution in [3.8, 4) is 22.6 Å². The average molecular weight is 396 g/mol. The van der Waals surface area contributed by atoms with Gasteiger partial charge in [0.1, 0.15) is 0 Å². The lowest BCUT2D eigenvalue weighted by molar-refractivity contribution is 0.100. The first-order valence-electron chi connectivity index (χ1n) is 8.21. The normalized spacial score (nSPS) is 10.8. The van der Waals surface area contributed by atoms with E-state index in [2.05, 4.69) is 15.1 Å². The number of rotatable bonds is 4. The van der Waals surface area contributed by atoms with Crippen LogP contribution in [0.2, 0.25) is 0 Å². The number of aromatic hydroxyl groups is 1. The van der Waals surface area contributed by atoms with E-state index in [1.54, 1.807) is 48.8 Å². The van der Waals surface area contributed by atoms with Crippen molar-refractivity contribution in [3.05, 3.63) is 66.6 Å². The third-order valence-electron chi connectivity index (χ3n) is 4.10. The summed E-state index contributed by atoms with van der Waals surface area (Å²) >= 11 is 6.15. The number of anilines is 1. The fraction of sp³-hybridized carbons (Fsp3) is 0.0526. The van der Waals surface area contributed by atoms with Crippen LogP contribution in [0.4, 0.5) is 5.95 Å². The number of benzene rings is 1. The Morgan fingerprint density at radius 1 is 1.21 bits per heavy atom. The van der Waals surface area contributed by atoms with Crippen molar-refractivity contribution in [2.24, 2.45) is 0 Å². The standard InChI is InChI=1S/C19H14ClN5O3/c1-28-16-9-12(4-6-15(16)26)14-5-7-17-22-19(23-24(17)11-14)25(20)18(27)13-3-2-8-21-10-13/h2-11,26H,1H3. The van der Waals surface area contributed by atoms with Gasteiger partial charge >= 0.3 is 0 Å². The number of nitrogens with zero attached hydrogens (tertiary/aromatic N) is 5. The van der Waals surface area contributed by atoms with Crippen molar-refractivity contribution < 1.29 is 14.6 Å². The molecule has 28 heavy (non-hydrogen) atoms. The molecule has 0 aliphatic rings. The van der Waals surface area contributed by atoms with Crippen molar-refractivity contribution in [1.29, 1.82) is 0 Å². The number of fused-ring (bicyclic) bond motifs is 1. The molecule has 4 rings (SSSR count). The van der Waals surface area contributed by atoms with Gasteiger partial charge in [0.2, 0.25) is 0 Å². The number of carbonyl (C=O) groups excluding carboxylic acids is 1. The van der Waals surface area contributed by atoms with E-state index in [4.69, 9.17) is 16.5 Å². The van der Waals surface area contributed by atoms with E-state index in [1.807, 2.05) is 6.07 Å². The first-order valence-corrected chi connectivity index (χ1v) is 8.54. The molecule has 0 aliphatic heterocycles. The van der Waals surface area contributed by atoms with Crippen LogP contribution >= 0.6 is 11.8 Å². The third-order valence-corrected chi connectivity index (χ3v) is 4.40. The van der Waals surface area contributed by atoms with Crippen LogP contribution in [-0.4, -0.2) is 37.7 Å². The lowest BCUT2D eigenvalue weighted by Gasteiger charge is -2.08. The molecule has 8 nitrogen and oxygen atoms in total. The number of hydrogen-bond donors (Lipinski definition) is 1. The van der Waals surface area contributed by atoms with Crippen LogP contribution in [0, 0.1) is 0 Å². The molecule has 4 aromatic rings. The quantitative estimate of drug-likeness (QED) is 0.533. The minimum Gasteiger partial charge on any atom is -0.504 e. The maximum Gasteiger partial charge on any atom is 0.277 e. The van der Waals surface area contributed by atoms with Crippen LogP contribution in [0.1, 0.15) is 10.4 Å². The molecular formula is C19H14ClN5O3. The number of ether oxygens (including phenoxy) is 1. The van der Waals surface area contributed by atoms with E-state index in [0.29, 0.717) is 17.0 Å². The van der Waals surface area contributed by atoms with Gasteiger partial charge in [-0.2, -0.15) is 9.40 Å². The molecular weight excluding hydrogens is 382 g/mol. The van der Waals surface area contributed by atoms with Gasteiger partial charge in [0.05, 0.1) is 12.7 Å². The van der Waals surface area contributed by atoms with Crippen molar-refractivity contribution in [2.45, 2.75) is 0 Å². The van der Waals surface area contributed by atoms with E-state index >= 15 is 0 Å². The molecule has 1 N–H and O–H groups in total. The number of phenolic OH excluding ortho intramolecular Hbond substituents is 1. The molecule has 1 amide bonds. The van der Waals surface area contributed by atoms with Crippen LogP contribution in [0.3, 0.4) is 0 Å². The number of hydrogen-bond acceptors (Lipinski definition) is 6. The van der Waals surface area contributed by atoms with Crippen molar-refractivity contribution in [2.75, 3.05) is 11.5 Å². The number of pyridine rings is 2. The second-order valence-electron chi connectivity index (χ2n) is 5.85. The first kappa shape index (κ1) is 17.7. The van der Waals surface area contributed by atoms with Gasteiger partial charge in [-0.15, -0.1) is 5.10 Å². The van der Waals surface area contributed by atoms with Crippen LogP contribution < -0.4 is 9.16 Å². The molecule has 140 valence electrons. The van der Waals surface area contributed by atoms with Gasteiger partial charge in [-0.05, 0) is 42.0 Å². The van der Waals surface area contributed by atoms with Gasteiger partial charge in [0, 0.05) is 35.9 Å².